The summed E-state index contributed by atoms with van der Waals surface area (Å²) in [6.07, 6.45) is -0.131. The Morgan fingerprint density at radius 1 is 1.56 bits per heavy atom. The summed E-state index contributed by atoms with van der Waals surface area (Å²) in [5.41, 5.74) is 1.60. The van der Waals surface area contributed by atoms with Crippen LogP contribution in [0.25, 0.3) is 0 Å². The Labute approximate surface area is 107 Å². The maximum absolute atomic E-state index is 13.6. The van der Waals surface area contributed by atoms with Crippen LogP contribution in [0.15, 0.2) is 23.6 Å². The van der Waals surface area contributed by atoms with E-state index in [4.69, 9.17) is 5.11 Å². The number of benzene rings is 1. The molecular formula is C12H11FN2O2S. The van der Waals surface area contributed by atoms with Crippen LogP contribution in [0.4, 0.5) is 15.2 Å². The molecule has 18 heavy (non-hydrogen) atoms. The lowest BCUT2D eigenvalue weighted by molar-refractivity contribution is -0.136. The fourth-order valence-electron chi connectivity index (χ4n) is 1.50. The lowest BCUT2D eigenvalue weighted by atomic mass is 10.2. The van der Waals surface area contributed by atoms with Crippen LogP contribution in [0.1, 0.15) is 11.3 Å². The maximum atomic E-state index is 13.6. The quantitative estimate of drug-likeness (QED) is 0.893. The van der Waals surface area contributed by atoms with E-state index in [0.717, 1.165) is 5.56 Å². The van der Waals surface area contributed by atoms with E-state index in [9.17, 15) is 9.18 Å². The maximum Gasteiger partial charge on any atom is 0.309 e. The second-order valence-corrected chi connectivity index (χ2v) is 4.63. The molecule has 0 amide bonds. The molecule has 0 aliphatic rings. The van der Waals surface area contributed by atoms with Gasteiger partial charge in [-0.15, -0.1) is 11.3 Å². The average Bonchev–Trinajstić information content (AvgIpc) is 2.70. The van der Waals surface area contributed by atoms with Crippen LogP contribution < -0.4 is 5.32 Å². The van der Waals surface area contributed by atoms with Gasteiger partial charge in [-0.3, -0.25) is 4.79 Å². The number of para-hydroxylation sites is 1. The molecule has 4 nitrogen and oxygen atoms in total. The molecule has 1 heterocycles. The molecule has 0 radical (unpaired) electrons. The number of carboxylic acids is 1. The zero-order chi connectivity index (χ0) is 13.1. The topological polar surface area (TPSA) is 62.2 Å². The van der Waals surface area contributed by atoms with Crippen molar-refractivity contribution >= 4 is 28.1 Å². The van der Waals surface area contributed by atoms with Crippen molar-refractivity contribution in [3.05, 3.63) is 40.7 Å². The van der Waals surface area contributed by atoms with Crippen LogP contribution in [0.5, 0.6) is 0 Å². The highest BCUT2D eigenvalue weighted by Gasteiger charge is 2.09. The Morgan fingerprint density at radius 3 is 3.00 bits per heavy atom. The molecule has 6 heteroatoms. The zero-order valence-corrected chi connectivity index (χ0v) is 10.4. The lowest BCUT2D eigenvalue weighted by Crippen LogP contribution is -2.01. The second kappa shape index (κ2) is 5.14. The summed E-state index contributed by atoms with van der Waals surface area (Å²) >= 11 is 1.25. The van der Waals surface area contributed by atoms with Crippen molar-refractivity contribution in [1.82, 2.24) is 4.98 Å². The van der Waals surface area contributed by atoms with E-state index in [0.29, 0.717) is 16.5 Å². The van der Waals surface area contributed by atoms with Gasteiger partial charge in [-0.05, 0) is 18.6 Å². The molecule has 0 saturated heterocycles. The summed E-state index contributed by atoms with van der Waals surface area (Å²) < 4.78 is 13.6. The van der Waals surface area contributed by atoms with Crippen LogP contribution in [-0.4, -0.2) is 16.1 Å². The fourth-order valence-corrected chi connectivity index (χ4v) is 2.21. The minimum absolute atomic E-state index is 0.131. The van der Waals surface area contributed by atoms with E-state index in [1.54, 1.807) is 24.4 Å². The van der Waals surface area contributed by atoms with Crippen LogP contribution >= 0.6 is 11.3 Å². The van der Waals surface area contributed by atoms with Crippen molar-refractivity contribution in [2.75, 3.05) is 5.32 Å². The van der Waals surface area contributed by atoms with Crippen LogP contribution in [0.2, 0.25) is 0 Å². The highest BCUT2D eigenvalue weighted by atomic mass is 32.1. The Hall–Kier alpha value is -1.95. The number of thiazole rings is 1. The molecular weight excluding hydrogens is 255 g/mol. The van der Waals surface area contributed by atoms with Crippen molar-refractivity contribution in [2.24, 2.45) is 0 Å². The Bertz CT molecular complexity index is 563. The number of rotatable bonds is 4. The van der Waals surface area contributed by atoms with Crippen LogP contribution in [-0.2, 0) is 11.2 Å². The molecule has 94 valence electrons. The summed E-state index contributed by atoms with van der Waals surface area (Å²) in [7, 11) is 0. The number of hydrogen-bond donors (Lipinski definition) is 2. The molecule has 0 saturated carbocycles. The summed E-state index contributed by atoms with van der Waals surface area (Å²) in [4.78, 5) is 14.6. The molecule has 0 spiro atoms. The number of nitrogens with one attached hydrogen (secondary N) is 1. The third-order valence-electron chi connectivity index (χ3n) is 2.34. The smallest absolute Gasteiger partial charge is 0.309 e. The highest BCUT2D eigenvalue weighted by Crippen LogP contribution is 2.25. The van der Waals surface area contributed by atoms with Gasteiger partial charge in [0.25, 0.3) is 0 Å². The first-order valence-electron chi connectivity index (χ1n) is 5.24. The number of carboxylic acid groups (broad SMARTS) is 1. The summed E-state index contributed by atoms with van der Waals surface area (Å²) in [6.45, 7) is 1.79. The van der Waals surface area contributed by atoms with E-state index in [1.165, 1.54) is 17.4 Å². The predicted molar refractivity (Wildman–Crippen MR) is 67.9 cm³/mol. The van der Waals surface area contributed by atoms with E-state index >= 15 is 0 Å². The van der Waals surface area contributed by atoms with Crippen molar-refractivity contribution < 1.29 is 14.3 Å². The number of carbonyl (C=O) groups is 1. The average molecular weight is 266 g/mol. The molecule has 0 aliphatic carbocycles. The Kier molecular flexibility index (Phi) is 3.57. The van der Waals surface area contributed by atoms with Gasteiger partial charge in [0.05, 0.1) is 17.8 Å². The number of aromatic nitrogens is 1. The number of halogens is 1. The third-order valence-corrected chi connectivity index (χ3v) is 3.14. The van der Waals surface area contributed by atoms with E-state index < -0.39 is 5.97 Å². The SMILES string of the molecule is Cc1cccc(F)c1Nc1nc(CC(=O)O)cs1. The lowest BCUT2D eigenvalue weighted by Gasteiger charge is -2.07. The summed E-state index contributed by atoms with van der Waals surface area (Å²) in [6, 6.07) is 4.78. The van der Waals surface area contributed by atoms with E-state index in [1.807, 2.05) is 0 Å². The van der Waals surface area contributed by atoms with Gasteiger partial charge in [0.2, 0.25) is 0 Å². The van der Waals surface area contributed by atoms with Gasteiger partial charge in [0.1, 0.15) is 5.82 Å². The van der Waals surface area contributed by atoms with E-state index in [2.05, 4.69) is 10.3 Å². The zero-order valence-electron chi connectivity index (χ0n) is 9.61. The molecule has 0 fully saturated rings. The number of aliphatic carboxylic acids is 1. The van der Waals surface area contributed by atoms with Gasteiger partial charge < -0.3 is 10.4 Å². The van der Waals surface area contributed by atoms with E-state index in [-0.39, 0.29) is 12.2 Å². The highest BCUT2D eigenvalue weighted by molar-refractivity contribution is 7.13. The monoisotopic (exact) mass is 266 g/mol. The number of hydrogen-bond acceptors (Lipinski definition) is 4. The Morgan fingerprint density at radius 2 is 2.33 bits per heavy atom. The molecule has 0 aliphatic heterocycles. The minimum Gasteiger partial charge on any atom is -0.481 e. The molecule has 0 bridgehead atoms. The third kappa shape index (κ3) is 2.84. The standard InChI is InChI=1S/C12H11FN2O2S/c1-7-3-2-4-9(13)11(7)15-12-14-8(6-18-12)5-10(16)17/h2-4,6H,5H2,1H3,(H,14,15)(H,16,17). The molecule has 2 N–H and O–H groups in total. The first-order chi connectivity index (χ1) is 8.56. The normalized spacial score (nSPS) is 10.3. The minimum atomic E-state index is -0.936. The predicted octanol–water partition coefficient (Wildman–Crippen LogP) is 2.96. The van der Waals surface area contributed by atoms with Crippen molar-refractivity contribution in [1.29, 1.82) is 0 Å². The first kappa shape index (κ1) is 12.5. The van der Waals surface area contributed by atoms with Gasteiger partial charge in [0.15, 0.2) is 5.13 Å². The van der Waals surface area contributed by atoms with Crippen molar-refractivity contribution in [3.63, 3.8) is 0 Å². The summed E-state index contributed by atoms with van der Waals surface area (Å²) in [5.74, 6) is -1.29. The van der Waals surface area contributed by atoms with Gasteiger partial charge in [-0.25, -0.2) is 9.37 Å². The van der Waals surface area contributed by atoms with Gasteiger partial charge in [-0.1, -0.05) is 12.1 Å². The van der Waals surface area contributed by atoms with Gasteiger partial charge in [0, 0.05) is 5.38 Å². The molecule has 0 unspecified atom stereocenters. The number of anilines is 2. The molecule has 1 aromatic heterocycles. The number of aryl methyl sites for hydroxylation is 1. The fraction of sp³-hybridized carbons (Fsp3) is 0.167. The first-order valence-corrected chi connectivity index (χ1v) is 6.12. The van der Waals surface area contributed by atoms with Crippen molar-refractivity contribution in [3.8, 4) is 0 Å². The molecule has 2 rings (SSSR count). The second-order valence-electron chi connectivity index (χ2n) is 3.77. The molecule has 0 atom stereocenters. The Balaban J connectivity index is 2.19. The molecule has 1 aromatic carbocycles. The molecule has 2 aromatic rings. The van der Waals surface area contributed by atoms with Gasteiger partial charge in [-0.2, -0.15) is 0 Å². The van der Waals surface area contributed by atoms with Gasteiger partial charge >= 0.3 is 5.97 Å². The van der Waals surface area contributed by atoms with Crippen molar-refractivity contribution in [2.45, 2.75) is 13.3 Å². The summed E-state index contributed by atoms with van der Waals surface area (Å²) in [5, 5.41) is 13.6. The largest absolute Gasteiger partial charge is 0.481 e. The van der Waals surface area contributed by atoms with Crippen LogP contribution in [0.3, 0.4) is 0 Å². The van der Waals surface area contributed by atoms with Crippen LogP contribution in [0, 0.1) is 12.7 Å². The number of nitrogens with zero attached hydrogens (tertiary/aromatic N) is 1.